The summed E-state index contributed by atoms with van der Waals surface area (Å²) in [6, 6.07) is 3.48. The third-order valence-electron chi connectivity index (χ3n) is 1.94. The first-order valence-corrected chi connectivity index (χ1v) is 4.53. The topological polar surface area (TPSA) is 71.0 Å². The molecule has 2 N–H and O–H groups in total. The molecule has 0 aliphatic rings. The molecule has 0 amide bonds. The number of aromatic nitrogens is 3. The molecule has 0 aliphatic heterocycles. The fourth-order valence-corrected chi connectivity index (χ4v) is 1.19. The van der Waals surface area contributed by atoms with Crippen LogP contribution in [-0.2, 0) is 6.61 Å². The molecule has 78 valence electrons. The molecule has 2 heterocycles. The van der Waals surface area contributed by atoms with Gasteiger partial charge in [0.2, 0.25) is 5.88 Å². The van der Waals surface area contributed by atoms with Crippen LogP contribution in [0.1, 0.15) is 11.3 Å². The molecule has 15 heavy (non-hydrogen) atoms. The maximum Gasteiger partial charge on any atom is 0.238 e. The number of hydrogen-bond donors (Lipinski definition) is 2. The average molecular weight is 205 g/mol. The zero-order valence-electron chi connectivity index (χ0n) is 8.27. The van der Waals surface area contributed by atoms with E-state index in [9.17, 15) is 0 Å². The van der Waals surface area contributed by atoms with E-state index in [0.717, 1.165) is 5.69 Å². The Bertz CT molecular complexity index is 453. The van der Waals surface area contributed by atoms with Gasteiger partial charge in [0.1, 0.15) is 0 Å². The number of rotatable bonds is 3. The molecule has 0 aromatic carbocycles. The second kappa shape index (κ2) is 4.10. The van der Waals surface area contributed by atoms with Gasteiger partial charge < -0.3 is 9.84 Å². The quantitative estimate of drug-likeness (QED) is 0.794. The Morgan fingerprint density at radius 1 is 1.53 bits per heavy atom. The Morgan fingerprint density at radius 3 is 3.07 bits per heavy atom. The van der Waals surface area contributed by atoms with E-state index in [1.54, 1.807) is 24.5 Å². The van der Waals surface area contributed by atoms with Gasteiger partial charge in [0.25, 0.3) is 0 Å². The van der Waals surface area contributed by atoms with Crippen LogP contribution < -0.4 is 4.74 Å². The molecule has 0 saturated carbocycles. The smallest absolute Gasteiger partial charge is 0.238 e. The van der Waals surface area contributed by atoms with Crippen molar-refractivity contribution in [3.05, 3.63) is 35.8 Å². The third kappa shape index (κ3) is 2.13. The van der Waals surface area contributed by atoms with Gasteiger partial charge in [0, 0.05) is 23.5 Å². The van der Waals surface area contributed by atoms with Gasteiger partial charge in [0.05, 0.1) is 12.8 Å². The predicted octanol–water partition coefficient (Wildman–Crippen LogP) is 1.40. The van der Waals surface area contributed by atoms with Crippen LogP contribution in [0.15, 0.2) is 24.5 Å². The van der Waals surface area contributed by atoms with Gasteiger partial charge >= 0.3 is 0 Å². The number of aromatic amines is 1. The average Bonchev–Trinajstić information content (AvgIpc) is 2.65. The van der Waals surface area contributed by atoms with Crippen molar-refractivity contribution in [2.75, 3.05) is 0 Å². The summed E-state index contributed by atoms with van der Waals surface area (Å²) < 4.78 is 5.46. The summed E-state index contributed by atoms with van der Waals surface area (Å²) in [5, 5.41) is 15.8. The molecule has 0 unspecified atom stereocenters. The zero-order valence-corrected chi connectivity index (χ0v) is 8.27. The first-order chi connectivity index (χ1) is 7.29. The standard InChI is InChI=1S/C10H11N3O2/c1-7-4-10(13-12-7)15-9-5-11-3-2-8(9)6-14/h2-5,14H,6H2,1H3,(H,12,13). The molecule has 0 aliphatic carbocycles. The van der Waals surface area contributed by atoms with E-state index in [1.807, 2.05) is 6.92 Å². The van der Waals surface area contributed by atoms with E-state index in [4.69, 9.17) is 9.84 Å². The third-order valence-corrected chi connectivity index (χ3v) is 1.94. The second-order valence-electron chi connectivity index (χ2n) is 3.13. The number of ether oxygens (including phenoxy) is 1. The molecule has 2 aromatic heterocycles. The van der Waals surface area contributed by atoms with Crippen LogP contribution in [0, 0.1) is 6.92 Å². The molecule has 0 bridgehead atoms. The molecule has 2 rings (SSSR count). The summed E-state index contributed by atoms with van der Waals surface area (Å²) >= 11 is 0. The predicted molar refractivity (Wildman–Crippen MR) is 53.6 cm³/mol. The molecule has 0 saturated heterocycles. The minimum absolute atomic E-state index is 0.0821. The molecule has 2 aromatic rings. The van der Waals surface area contributed by atoms with Crippen molar-refractivity contribution in [1.82, 2.24) is 15.2 Å². The van der Waals surface area contributed by atoms with Crippen molar-refractivity contribution in [2.45, 2.75) is 13.5 Å². The Morgan fingerprint density at radius 2 is 2.40 bits per heavy atom. The van der Waals surface area contributed by atoms with Crippen LogP contribution in [0.25, 0.3) is 0 Å². The van der Waals surface area contributed by atoms with Crippen LogP contribution >= 0.6 is 0 Å². The molecular formula is C10H11N3O2. The van der Waals surface area contributed by atoms with E-state index in [2.05, 4.69) is 15.2 Å². The number of H-pyrrole nitrogens is 1. The van der Waals surface area contributed by atoms with Crippen molar-refractivity contribution in [3.8, 4) is 11.6 Å². The Labute approximate surface area is 86.7 Å². The van der Waals surface area contributed by atoms with E-state index in [-0.39, 0.29) is 6.61 Å². The van der Waals surface area contributed by atoms with Crippen molar-refractivity contribution < 1.29 is 9.84 Å². The molecule has 0 atom stereocenters. The van der Waals surface area contributed by atoms with Crippen LogP contribution in [0.3, 0.4) is 0 Å². The summed E-state index contributed by atoms with van der Waals surface area (Å²) in [5.41, 5.74) is 1.60. The SMILES string of the molecule is Cc1cc(Oc2cnccc2CO)n[nH]1. The Hall–Kier alpha value is -1.88. The normalized spacial score (nSPS) is 10.3. The summed E-state index contributed by atoms with van der Waals surface area (Å²) in [6.07, 6.45) is 3.16. The maximum atomic E-state index is 9.07. The summed E-state index contributed by atoms with van der Waals surface area (Å²) in [7, 11) is 0. The first-order valence-electron chi connectivity index (χ1n) is 4.53. The molecule has 5 heteroatoms. The monoisotopic (exact) mass is 205 g/mol. The van der Waals surface area contributed by atoms with Crippen LogP contribution in [0.4, 0.5) is 0 Å². The summed E-state index contributed by atoms with van der Waals surface area (Å²) in [6.45, 7) is 1.80. The lowest BCUT2D eigenvalue weighted by Crippen LogP contribution is -1.92. The molecule has 0 spiro atoms. The lowest BCUT2D eigenvalue weighted by Gasteiger charge is -2.05. The van der Waals surface area contributed by atoms with Crippen molar-refractivity contribution in [1.29, 1.82) is 0 Å². The largest absolute Gasteiger partial charge is 0.436 e. The highest BCUT2D eigenvalue weighted by atomic mass is 16.5. The van der Waals surface area contributed by atoms with E-state index in [1.165, 1.54) is 0 Å². The van der Waals surface area contributed by atoms with Gasteiger partial charge in [-0.1, -0.05) is 0 Å². The minimum atomic E-state index is -0.0821. The Kier molecular flexibility index (Phi) is 2.64. The summed E-state index contributed by atoms with van der Waals surface area (Å²) in [4.78, 5) is 3.92. The summed E-state index contributed by atoms with van der Waals surface area (Å²) in [5.74, 6) is 0.988. The fraction of sp³-hybridized carbons (Fsp3) is 0.200. The number of aliphatic hydroxyl groups excluding tert-OH is 1. The number of nitrogens with one attached hydrogen (secondary N) is 1. The second-order valence-corrected chi connectivity index (χ2v) is 3.13. The van der Waals surface area contributed by atoms with Crippen molar-refractivity contribution in [2.24, 2.45) is 0 Å². The lowest BCUT2D eigenvalue weighted by atomic mass is 10.2. The number of nitrogens with zero attached hydrogens (tertiary/aromatic N) is 2. The van der Waals surface area contributed by atoms with Gasteiger partial charge in [-0.3, -0.25) is 10.1 Å². The van der Waals surface area contributed by atoms with Gasteiger partial charge in [-0.05, 0) is 13.0 Å². The van der Waals surface area contributed by atoms with E-state index < -0.39 is 0 Å². The molecular weight excluding hydrogens is 194 g/mol. The lowest BCUT2D eigenvalue weighted by molar-refractivity contribution is 0.276. The first kappa shape index (κ1) is 9.67. The van der Waals surface area contributed by atoms with Crippen molar-refractivity contribution >= 4 is 0 Å². The number of aliphatic hydroxyl groups is 1. The Balaban J connectivity index is 2.23. The maximum absolute atomic E-state index is 9.07. The van der Waals surface area contributed by atoms with E-state index >= 15 is 0 Å². The number of aryl methyl sites for hydroxylation is 1. The number of pyridine rings is 1. The highest BCUT2D eigenvalue weighted by Gasteiger charge is 2.05. The minimum Gasteiger partial charge on any atom is -0.436 e. The molecule has 0 radical (unpaired) electrons. The zero-order chi connectivity index (χ0) is 10.7. The van der Waals surface area contributed by atoms with Gasteiger partial charge in [-0.15, -0.1) is 5.10 Å². The highest BCUT2D eigenvalue weighted by Crippen LogP contribution is 2.22. The highest BCUT2D eigenvalue weighted by molar-refractivity contribution is 5.32. The fourth-order valence-electron chi connectivity index (χ4n) is 1.19. The molecule has 5 nitrogen and oxygen atoms in total. The van der Waals surface area contributed by atoms with E-state index in [0.29, 0.717) is 17.2 Å². The molecule has 0 fully saturated rings. The van der Waals surface area contributed by atoms with Gasteiger partial charge in [0.15, 0.2) is 5.75 Å². The van der Waals surface area contributed by atoms with Crippen LogP contribution in [-0.4, -0.2) is 20.3 Å². The number of hydrogen-bond acceptors (Lipinski definition) is 4. The van der Waals surface area contributed by atoms with Crippen molar-refractivity contribution in [3.63, 3.8) is 0 Å². The van der Waals surface area contributed by atoms with Crippen LogP contribution in [0.5, 0.6) is 11.6 Å². The van der Waals surface area contributed by atoms with Crippen LogP contribution in [0.2, 0.25) is 0 Å². The van der Waals surface area contributed by atoms with Gasteiger partial charge in [-0.25, -0.2) is 0 Å². The van der Waals surface area contributed by atoms with Gasteiger partial charge in [-0.2, -0.15) is 0 Å².